The first-order valence-corrected chi connectivity index (χ1v) is 6.19. The first kappa shape index (κ1) is 13.8. The lowest BCUT2D eigenvalue weighted by Crippen LogP contribution is -2.13. The number of hydrogen-bond acceptors (Lipinski definition) is 3. The molecule has 0 aliphatic heterocycles. The van der Waals surface area contributed by atoms with E-state index in [9.17, 15) is 4.79 Å². The maximum Gasteiger partial charge on any atom is 0.275 e. The molecular formula is C15H16N4O. The highest BCUT2D eigenvalue weighted by atomic mass is 16.1. The summed E-state index contributed by atoms with van der Waals surface area (Å²) in [7, 11) is 1.82. The Balaban J connectivity index is 2.16. The first-order valence-electron chi connectivity index (χ1n) is 6.19. The van der Waals surface area contributed by atoms with E-state index in [2.05, 4.69) is 22.1 Å². The van der Waals surface area contributed by atoms with Crippen LogP contribution in [-0.4, -0.2) is 22.0 Å². The molecule has 5 nitrogen and oxygen atoms in total. The van der Waals surface area contributed by atoms with Crippen LogP contribution in [0.2, 0.25) is 0 Å². The van der Waals surface area contributed by atoms with Crippen LogP contribution < -0.4 is 11.1 Å². The van der Waals surface area contributed by atoms with Crippen molar-refractivity contribution < 1.29 is 4.79 Å². The summed E-state index contributed by atoms with van der Waals surface area (Å²) in [4.78, 5) is 16.0. The van der Waals surface area contributed by atoms with E-state index >= 15 is 0 Å². The Hall–Kier alpha value is -2.58. The minimum Gasteiger partial charge on any atom is -0.340 e. The largest absolute Gasteiger partial charge is 0.340 e. The molecule has 102 valence electrons. The van der Waals surface area contributed by atoms with Crippen molar-refractivity contribution in [2.45, 2.75) is 6.92 Å². The molecule has 2 aromatic rings. The number of carbonyl (C=O) groups is 1. The van der Waals surface area contributed by atoms with Crippen LogP contribution in [0.15, 0.2) is 30.7 Å². The number of hydrogen-bond donors (Lipinski definition) is 2. The van der Waals surface area contributed by atoms with Gasteiger partial charge in [0.1, 0.15) is 5.69 Å². The van der Waals surface area contributed by atoms with E-state index in [0.717, 1.165) is 16.8 Å². The van der Waals surface area contributed by atoms with E-state index in [0.29, 0.717) is 12.2 Å². The molecular weight excluding hydrogens is 252 g/mol. The Morgan fingerprint density at radius 1 is 1.50 bits per heavy atom. The van der Waals surface area contributed by atoms with Gasteiger partial charge in [0.05, 0.1) is 12.9 Å². The number of aryl methyl sites for hydroxylation is 2. The monoisotopic (exact) mass is 268 g/mol. The van der Waals surface area contributed by atoms with Gasteiger partial charge in [-0.25, -0.2) is 4.98 Å². The molecule has 5 heteroatoms. The lowest BCUT2D eigenvalue weighted by atomic mass is 10.1. The highest BCUT2D eigenvalue weighted by molar-refractivity contribution is 6.03. The van der Waals surface area contributed by atoms with Crippen molar-refractivity contribution in [1.82, 2.24) is 9.55 Å². The average Bonchev–Trinajstić information content (AvgIpc) is 2.86. The fraction of sp³-hybridized carbons (Fsp3) is 0.200. The quantitative estimate of drug-likeness (QED) is 0.806. The van der Waals surface area contributed by atoms with Crippen molar-refractivity contribution >= 4 is 11.6 Å². The number of anilines is 1. The van der Waals surface area contributed by atoms with E-state index in [1.807, 2.05) is 32.2 Å². The van der Waals surface area contributed by atoms with Crippen LogP contribution in [0.1, 0.15) is 21.6 Å². The van der Waals surface area contributed by atoms with Gasteiger partial charge >= 0.3 is 0 Å². The van der Waals surface area contributed by atoms with Crippen LogP contribution in [0, 0.1) is 18.8 Å². The molecule has 0 aliphatic rings. The molecule has 0 saturated carbocycles. The number of imidazole rings is 1. The summed E-state index contributed by atoms with van der Waals surface area (Å²) >= 11 is 0. The third-order valence-electron chi connectivity index (χ3n) is 2.75. The maximum absolute atomic E-state index is 12.0. The SMILES string of the molecule is Cc1cc(C#CCN)ccc1NC(=O)c1cn(C)cn1. The van der Waals surface area contributed by atoms with Gasteiger partial charge in [-0.2, -0.15) is 0 Å². The third kappa shape index (κ3) is 3.25. The van der Waals surface area contributed by atoms with Crippen LogP contribution in [0.5, 0.6) is 0 Å². The molecule has 1 aromatic carbocycles. The molecule has 0 saturated heterocycles. The van der Waals surface area contributed by atoms with E-state index in [4.69, 9.17) is 5.73 Å². The van der Waals surface area contributed by atoms with Gasteiger partial charge in [0.25, 0.3) is 5.91 Å². The van der Waals surface area contributed by atoms with E-state index < -0.39 is 0 Å². The molecule has 3 N–H and O–H groups in total. The number of nitrogens with one attached hydrogen (secondary N) is 1. The van der Waals surface area contributed by atoms with Gasteiger partial charge in [-0.1, -0.05) is 11.8 Å². The number of rotatable bonds is 2. The average molecular weight is 268 g/mol. The molecule has 0 unspecified atom stereocenters. The topological polar surface area (TPSA) is 72.9 Å². The van der Waals surface area contributed by atoms with Crippen molar-refractivity contribution in [2.75, 3.05) is 11.9 Å². The van der Waals surface area contributed by atoms with Crippen LogP contribution in [-0.2, 0) is 7.05 Å². The van der Waals surface area contributed by atoms with E-state index in [-0.39, 0.29) is 5.91 Å². The standard InChI is InChI=1S/C15H16N4O/c1-11-8-12(4-3-7-16)5-6-13(11)18-15(20)14-9-19(2)10-17-14/h5-6,8-10H,7,16H2,1-2H3,(H,18,20). The molecule has 0 atom stereocenters. The predicted molar refractivity (Wildman–Crippen MR) is 78.3 cm³/mol. The van der Waals surface area contributed by atoms with Crippen LogP contribution in [0.4, 0.5) is 5.69 Å². The highest BCUT2D eigenvalue weighted by Gasteiger charge is 2.10. The number of nitrogens with two attached hydrogens (primary N) is 1. The molecule has 20 heavy (non-hydrogen) atoms. The van der Waals surface area contributed by atoms with Gasteiger partial charge < -0.3 is 15.6 Å². The molecule has 0 fully saturated rings. The fourth-order valence-corrected chi connectivity index (χ4v) is 1.75. The Labute approximate surface area is 117 Å². The van der Waals surface area contributed by atoms with Crippen molar-refractivity contribution in [3.05, 3.63) is 47.5 Å². The van der Waals surface area contributed by atoms with Crippen molar-refractivity contribution in [2.24, 2.45) is 12.8 Å². The van der Waals surface area contributed by atoms with Crippen LogP contribution >= 0.6 is 0 Å². The fourth-order valence-electron chi connectivity index (χ4n) is 1.75. The van der Waals surface area contributed by atoms with E-state index in [1.54, 1.807) is 17.1 Å². The van der Waals surface area contributed by atoms with Crippen molar-refractivity contribution in [3.63, 3.8) is 0 Å². The minimum absolute atomic E-state index is 0.227. The number of aromatic nitrogens is 2. The maximum atomic E-state index is 12.0. The Kier molecular flexibility index (Phi) is 4.18. The lowest BCUT2D eigenvalue weighted by Gasteiger charge is -2.07. The minimum atomic E-state index is -0.227. The first-order chi connectivity index (χ1) is 9.60. The zero-order valence-corrected chi connectivity index (χ0v) is 11.5. The number of nitrogens with zero attached hydrogens (tertiary/aromatic N) is 2. The third-order valence-corrected chi connectivity index (χ3v) is 2.75. The smallest absolute Gasteiger partial charge is 0.275 e. The summed E-state index contributed by atoms with van der Waals surface area (Å²) in [5, 5.41) is 2.84. The van der Waals surface area contributed by atoms with Gasteiger partial charge in [-0.3, -0.25) is 4.79 Å². The normalized spacial score (nSPS) is 9.75. The summed E-state index contributed by atoms with van der Waals surface area (Å²) in [6, 6.07) is 5.59. The lowest BCUT2D eigenvalue weighted by molar-refractivity contribution is 0.102. The Morgan fingerprint density at radius 3 is 2.90 bits per heavy atom. The van der Waals surface area contributed by atoms with Gasteiger partial charge in [0.15, 0.2) is 0 Å². The number of benzene rings is 1. The molecule has 1 amide bonds. The summed E-state index contributed by atoms with van der Waals surface area (Å²) in [5.41, 5.74) is 8.30. The van der Waals surface area contributed by atoms with E-state index in [1.165, 1.54) is 0 Å². The van der Waals surface area contributed by atoms with Crippen molar-refractivity contribution in [1.29, 1.82) is 0 Å². The number of carbonyl (C=O) groups excluding carboxylic acids is 1. The summed E-state index contributed by atoms with van der Waals surface area (Å²) in [6.45, 7) is 2.25. The second-order valence-corrected chi connectivity index (χ2v) is 4.41. The van der Waals surface area contributed by atoms with Crippen LogP contribution in [0.3, 0.4) is 0 Å². The highest BCUT2D eigenvalue weighted by Crippen LogP contribution is 2.16. The zero-order chi connectivity index (χ0) is 14.5. The Morgan fingerprint density at radius 2 is 2.30 bits per heavy atom. The molecule has 1 heterocycles. The summed E-state index contributed by atoms with van der Waals surface area (Å²) in [6.07, 6.45) is 3.26. The predicted octanol–water partition coefficient (Wildman–Crippen LogP) is 1.29. The van der Waals surface area contributed by atoms with Crippen LogP contribution in [0.25, 0.3) is 0 Å². The molecule has 0 bridgehead atoms. The number of amides is 1. The molecule has 0 radical (unpaired) electrons. The second-order valence-electron chi connectivity index (χ2n) is 4.41. The summed E-state index contributed by atoms with van der Waals surface area (Å²) < 4.78 is 1.73. The Bertz CT molecular complexity index is 691. The molecule has 1 aromatic heterocycles. The zero-order valence-electron chi connectivity index (χ0n) is 11.5. The molecule has 0 aliphatic carbocycles. The van der Waals surface area contributed by atoms with Gasteiger partial charge in [-0.15, -0.1) is 0 Å². The molecule has 0 spiro atoms. The summed E-state index contributed by atoms with van der Waals surface area (Å²) in [5.74, 6) is 5.53. The van der Waals surface area contributed by atoms with Crippen molar-refractivity contribution in [3.8, 4) is 11.8 Å². The van der Waals surface area contributed by atoms with Gasteiger partial charge in [-0.05, 0) is 30.7 Å². The second kappa shape index (κ2) is 6.04. The van der Waals surface area contributed by atoms with Gasteiger partial charge in [0.2, 0.25) is 0 Å². The van der Waals surface area contributed by atoms with Gasteiger partial charge in [0, 0.05) is 24.5 Å². The molecule has 2 rings (SSSR count).